The molecule has 10 nitrogen and oxygen atoms in total. The first-order chi connectivity index (χ1) is 12.0. The van der Waals surface area contributed by atoms with Crippen LogP contribution in [-0.2, 0) is 9.47 Å². The molecule has 0 radical (unpaired) electrons. The SMILES string of the molecule is O=C(c1cc([N+](=O)[O-])cc([N+](=O)[O-])c1)N1CCCCC1C1OCCO1. The summed E-state index contributed by atoms with van der Waals surface area (Å²) in [6.07, 6.45) is 1.85. The lowest BCUT2D eigenvalue weighted by atomic mass is 10.00. The zero-order chi connectivity index (χ0) is 18.0. The average molecular weight is 351 g/mol. The van der Waals surface area contributed by atoms with Crippen molar-refractivity contribution >= 4 is 17.3 Å². The summed E-state index contributed by atoms with van der Waals surface area (Å²) in [7, 11) is 0. The number of nitrogens with zero attached hydrogens (tertiary/aromatic N) is 3. The van der Waals surface area contributed by atoms with Gasteiger partial charge in [0.1, 0.15) is 0 Å². The third-order valence-electron chi connectivity index (χ3n) is 4.34. The molecule has 2 heterocycles. The molecule has 2 saturated heterocycles. The lowest BCUT2D eigenvalue weighted by Gasteiger charge is -2.38. The van der Waals surface area contributed by atoms with Crippen LogP contribution in [-0.4, -0.2) is 52.7 Å². The van der Waals surface area contributed by atoms with Crippen LogP contribution in [0.2, 0.25) is 0 Å². The monoisotopic (exact) mass is 351 g/mol. The Labute approximate surface area is 142 Å². The third kappa shape index (κ3) is 3.59. The second kappa shape index (κ2) is 7.11. The zero-order valence-electron chi connectivity index (χ0n) is 13.3. The standard InChI is InChI=1S/C15H17N3O7/c19-14(10-7-11(17(20)21)9-12(8-10)18(22)23)16-4-2-1-3-13(16)15-24-5-6-25-15/h7-9,13,15H,1-6H2. The number of rotatable bonds is 4. The fourth-order valence-corrected chi connectivity index (χ4v) is 3.19. The lowest BCUT2D eigenvalue weighted by Crippen LogP contribution is -2.50. The number of ether oxygens (including phenoxy) is 2. The van der Waals surface area contributed by atoms with Gasteiger partial charge in [-0.2, -0.15) is 0 Å². The Morgan fingerprint density at radius 1 is 1.04 bits per heavy atom. The van der Waals surface area contributed by atoms with E-state index >= 15 is 0 Å². The van der Waals surface area contributed by atoms with E-state index in [9.17, 15) is 25.0 Å². The molecule has 10 heteroatoms. The van der Waals surface area contributed by atoms with Crippen molar-refractivity contribution in [1.29, 1.82) is 0 Å². The van der Waals surface area contributed by atoms with Crippen LogP contribution in [0.25, 0.3) is 0 Å². The molecule has 2 aliphatic rings. The summed E-state index contributed by atoms with van der Waals surface area (Å²) >= 11 is 0. The van der Waals surface area contributed by atoms with E-state index in [0.29, 0.717) is 26.2 Å². The molecular weight excluding hydrogens is 334 g/mol. The molecule has 25 heavy (non-hydrogen) atoms. The summed E-state index contributed by atoms with van der Waals surface area (Å²) in [6.45, 7) is 1.35. The van der Waals surface area contributed by atoms with Crippen LogP contribution in [0.3, 0.4) is 0 Å². The Bertz CT molecular complexity index is 670. The molecule has 0 aromatic heterocycles. The molecule has 0 aliphatic carbocycles. The van der Waals surface area contributed by atoms with Gasteiger partial charge in [-0.25, -0.2) is 0 Å². The average Bonchev–Trinajstić information content (AvgIpc) is 3.15. The number of benzene rings is 1. The topological polar surface area (TPSA) is 125 Å². The van der Waals surface area contributed by atoms with E-state index in [0.717, 1.165) is 31.0 Å². The van der Waals surface area contributed by atoms with Gasteiger partial charge in [-0.15, -0.1) is 0 Å². The number of likely N-dealkylation sites (tertiary alicyclic amines) is 1. The predicted molar refractivity (Wildman–Crippen MR) is 84.1 cm³/mol. The number of carbonyl (C=O) groups excluding carboxylic acids is 1. The summed E-state index contributed by atoms with van der Waals surface area (Å²) in [6, 6.07) is 2.67. The molecule has 2 aliphatic heterocycles. The van der Waals surface area contributed by atoms with Crippen LogP contribution in [0, 0.1) is 20.2 Å². The highest BCUT2D eigenvalue weighted by molar-refractivity contribution is 5.96. The summed E-state index contributed by atoms with van der Waals surface area (Å²) < 4.78 is 11.0. The van der Waals surface area contributed by atoms with Gasteiger partial charge in [0.25, 0.3) is 17.3 Å². The minimum Gasteiger partial charge on any atom is -0.348 e. The highest BCUT2D eigenvalue weighted by Gasteiger charge is 2.37. The maximum atomic E-state index is 12.9. The van der Waals surface area contributed by atoms with Gasteiger partial charge in [-0.3, -0.25) is 25.0 Å². The van der Waals surface area contributed by atoms with Crippen LogP contribution in [0.4, 0.5) is 11.4 Å². The van der Waals surface area contributed by atoms with Gasteiger partial charge >= 0.3 is 0 Å². The van der Waals surface area contributed by atoms with E-state index in [-0.39, 0.29) is 11.6 Å². The maximum Gasteiger partial charge on any atom is 0.277 e. The fraction of sp³-hybridized carbons (Fsp3) is 0.533. The Kier molecular flexibility index (Phi) is 4.91. The highest BCUT2D eigenvalue weighted by Crippen LogP contribution is 2.28. The number of piperidine rings is 1. The number of hydrogen-bond donors (Lipinski definition) is 0. The number of nitro benzene ring substituents is 2. The van der Waals surface area contributed by atoms with Crippen molar-refractivity contribution in [3.63, 3.8) is 0 Å². The summed E-state index contributed by atoms with van der Waals surface area (Å²) in [5, 5.41) is 22.0. The van der Waals surface area contributed by atoms with Crippen molar-refractivity contribution in [1.82, 2.24) is 4.90 Å². The number of carbonyl (C=O) groups is 1. The fourth-order valence-electron chi connectivity index (χ4n) is 3.19. The molecule has 0 spiro atoms. The van der Waals surface area contributed by atoms with E-state index < -0.39 is 33.4 Å². The second-order valence-corrected chi connectivity index (χ2v) is 5.92. The van der Waals surface area contributed by atoms with Crippen molar-refractivity contribution < 1.29 is 24.1 Å². The Morgan fingerprint density at radius 3 is 2.20 bits per heavy atom. The molecule has 1 amide bonds. The molecular formula is C15H17N3O7. The maximum absolute atomic E-state index is 12.9. The molecule has 0 N–H and O–H groups in total. The van der Waals surface area contributed by atoms with Gasteiger partial charge in [-0.05, 0) is 19.3 Å². The van der Waals surface area contributed by atoms with Gasteiger partial charge in [0.2, 0.25) is 0 Å². The van der Waals surface area contributed by atoms with Crippen molar-refractivity contribution in [2.75, 3.05) is 19.8 Å². The first kappa shape index (κ1) is 17.2. The van der Waals surface area contributed by atoms with E-state index in [2.05, 4.69) is 0 Å². The Balaban J connectivity index is 1.92. The van der Waals surface area contributed by atoms with Crippen LogP contribution < -0.4 is 0 Å². The summed E-state index contributed by atoms with van der Waals surface area (Å²) in [5.74, 6) is -0.490. The summed E-state index contributed by atoms with van der Waals surface area (Å²) in [4.78, 5) is 35.0. The lowest BCUT2D eigenvalue weighted by molar-refractivity contribution is -0.394. The van der Waals surface area contributed by atoms with Gasteiger partial charge < -0.3 is 14.4 Å². The smallest absolute Gasteiger partial charge is 0.277 e. The number of nitro groups is 2. The molecule has 3 rings (SSSR count). The second-order valence-electron chi connectivity index (χ2n) is 5.92. The largest absolute Gasteiger partial charge is 0.348 e. The van der Waals surface area contributed by atoms with Crippen LogP contribution >= 0.6 is 0 Å². The molecule has 1 aromatic carbocycles. The van der Waals surface area contributed by atoms with E-state index in [1.165, 1.54) is 0 Å². The van der Waals surface area contributed by atoms with Gasteiger partial charge in [0.15, 0.2) is 6.29 Å². The molecule has 1 aromatic rings. The van der Waals surface area contributed by atoms with E-state index in [1.807, 2.05) is 0 Å². The third-order valence-corrected chi connectivity index (χ3v) is 4.34. The van der Waals surface area contributed by atoms with Gasteiger partial charge in [-0.1, -0.05) is 0 Å². The highest BCUT2D eigenvalue weighted by atomic mass is 16.7. The molecule has 0 bridgehead atoms. The quantitative estimate of drug-likeness (QED) is 0.599. The number of hydrogen-bond acceptors (Lipinski definition) is 7. The first-order valence-corrected chi connectivity index (χ1v) is 7.95. The van der Waals surface area contributed by atoms with E-state index in [1.54, 1.807) is 4.90 Å². The molecule has 1 unspecified atom stereocenters. The molecule has 1 atom stereocenters. The Hall–Kier alpha value is -2.59. The molecule has 134 valence electrons. The van der Waals surface area contributed by atoms with Crippen LogP contribution in [0.1, 0.15) is 29.6 Å². The van der Waals surface area contributed by atoms with Gasteiger partial charge in [0, 0.05) is 18.7 Å². The van der Waals surface area contributed by atoms with Crippen LogP contribution in [0.15, 0.2) is 18.2 Å². The zero-order valence-corrected chi connectivity index (χ0v) is 13.3. The van der Waals surface area contributed by atoms with Crippen molar-refractivity contribution in [3.05, 3.63) is 44.0 Å². The van der Waals surface area contributed by atoms with Gasteiger partial charge in [0.05, 0.1) is 40.7 Å². The van der Waals surface area contributed by atoms with E-state index in [4.69, 9.17) is 9.47 Å². The Morgan fingerprint density at radius 2 is 1.64 bits per heavy atom. The van der Waals surface area contributed by atoms with Crippen molar-refractivity contribution in [2.24, 2.45) is 0 Å². The molecule has 2 fully saturated rings. The predicted octanol–water partition coefficient (Wildman–Crippen LogP) is 1.87. The minimum atomic E-state index is -0.749. The van der Waals surface area contributed by atoms with Crippen molar-refractivity contribution in [2.45, 2.75) is 31.6 Å². The van der Waals surface area contributed by atoms with Crippen molar-refractivity contribution in [3.8, 4) is 0 Å². The number of amides is 1. The molecule has 0 saturated carbocycles. The normalized spacial score (nSPS) is 21.3. The number of non-ortho nitro benzene ring substituents is 2. The van der Waals surface area contributed by atoms with Crippen LogP contribution in [0.5, 0.6) is 0 Å². The minimum absolute atomic E-state index is 0.0780. The first-order valence-electron chi connectivity index (χ1n) is 7.95. The summed E-state index contributed by atoms with van der Waals surface area (Å²) in [5.41, 5.74) is -1.05.